The highest BCUT2D eigenvalue weighted by atomic mass is 32.2. The summed E-state index contributed by atoms with van der Waals surface area (Å²) in [5.74, 6) is 1.16. The van der Waals surface area contributed by atoms with Crippen LogP contribution in [0, 0.1) is 20.8 Å². The summed E-state index contributed by atoms with van der Waals surface area (Å²) in [6.07, 6.45) is 4.18. The largest absolute Gasteiger partial charge is 0.294 e. The van der Waals surface area contributed by atoms with E-state index in [4.69, 9.17) is 0 Å². The number of hydrogen-bond acceptors (Lipinski definition) is 2. The Hall–Kier alpha value is -0.470. The van der Waals surface area contributed by atoms with Crippen LogP contribution in [-0.4, -0.2) is 23.9 Å². The Morgan fingerprint density at radius 2 is 1.59 bits per heavy atom. The van der Waals surface area contributed by atoms with Crippen molar-refractivity contribution in [2.45, 2.75) is 44.9 Å². The zero-order valence-electron chi connectivity index (χ0n) is 11.3. The van der Waals surface area contributed by atoms with Crippen LogP contribution in [0.25, 0.3) is 0 Å². The first kappa shape index (κ1) is 13.0. The molecule has 0 unspecified atom stereocenters. The second kappa shape index (κ2) is 5.92. The molecule has 1 aromatic carbocycles. The zero-order chi connectivity index (χ0) is 12.3. The number of benzene rings is 1. The number of thioether (sulfide) groups is 1. The predicted octanol–water partition coefficient (Wildman–Crippen LogP) is 4.15. The molecule has 1 aliphatic heterocycles. The van der Waals surface area contributed by atoms with E-state index in [0.29, 0.717) is 0 Å². The lowest BCUT2D eigenvalue weighted by Gasteiger charge is -2.26. The van der Waals surface area contributed by atoms with Gasteiger partial charge < -0.3 is 0 Å². The van der Waals surface area contributed by atoms with Crippen molar-refractivity contribution < 1.29 is 0 Å². The van der Waals surface area contributed by atoms with Crippen LogP contribution in [0.4, 0.5) is 0 Å². The second-order valence-electron chi connectivity index (χ2n) is 5.18. The molecule has 0 saturated carbocycles. The van der Waals surface area contributed by atoms with E-state index < -0.39 is 0 Å². The molecule has 0 radical (unpaired) electrons. The summed E-state index contributed by atoms with van der Waals surface area (Å²) in [5.41, 5.74) is 4.25. The van der Waals surface area contributed by atoms with Gasteiger partial charge in [0.1, 0.15) is 0 Å². The molecule has 0 spiro atoms. The number of likely N-dealkylation sites (tertiary alicyclic amines) is 1. The highest BCUT2D eigenvalue weighted by Gasteiger charge is 2.11. The third-order valence-electron chi connectivity index (χ3n) is 3.44. The summed E-state index contributed by atoms with van der Waals surface area (Å²) >= 11 is 2.01. The van der Waals surface area contributed by atoms with E-state index in [0.717, 1.165) is 5.88 Å². The Morgan fingerprint density at radius 3 is 2.18 bits per heavy atom. The fourth-order valence-electron chi connectivity index (χ4n) is 2.64. The van der Waals surface area contributed by atoms with Gasteiger partial charge in [-0.05, 0) is 57.8 Å². The molecule has 1 nitrogen and oxygen atoms in total. The number of nitrogens with zero attached hydrogens (tertiary/aromatic N) is 1. The van der Waals surface area contributed by atoms with Crippen molar-refractivity contribution in [2.75, 3.05) is 19.0 Å². The Labute approximate surface area is 110 Å². The average Bonchev–Trinajstić information content (AvgIpc) is 2.29. The van der Waals surface area contributed by atoms with Gasteiger partial charge >= 0.3 is 0 Å². The van der Waals surface area contributed by atoms with Crippen molar-refractivity contribution in [1.29, 1.82) is 0 Å². The molecule has 17 heavy (non-hydrogen) atoms. The number of piperidine rings is 1. The maximum absolute atomic E-state index is 2.59. The lowest BCUT2D eigenvalue weighted by atomic mass is 10.1. The van der Waals surface area contributed by atoms with E-state index in [9.17, 15) is 0 Å². The molecule has 1 saturated heterocycles. The minimum Gasteiger partial charge on any atom is -0.294 e. The molecule has 0 N–H and O–H groups in total. The average molecular weight is 249 g/mol. The van der Waals surface area contributed by atoms with E-state index in [1.54, 1.807) is 0 Å². The first-order chi connectivity index (χ1) is 8.16. The minimum absolute atomic E-state index is 1.16. The van der Waals surface area contributed by atoms with Gasteiger partial charge in [-0.2, -0.15) is 0 Å². The molecule has 0 aliphatic carbocycles. The maximum Gasteiger partial charge on any atom is 0.0491 e. The smallest absolute Gasteiger partial charge is 0.0491 e. The molecule has 1 fully saturated rings. The Morgan fingerprint density at radius 1 is 1.00 bits per heavy atom. The number of aryl methyl sites for hydroxylation is 3. The quantitative estimate of drug-likeness (QED) is 0.740. The van der Waals surface area contributed by atoms with Crippen LogP contribution in [0.5, 0.6) is 0 Å². The molecule has 0 amide bonds. The van der Waals surface area contributed by atoms with Gasteiger partial charge in [0.15, 0.2) is 0 Å². The van der Waals surface area contributed by atoms with Gasteiger partial charge in [-0.15, -0.1) is 11.8 Å². The molecular formula is C15H23NS. The van der Waals surface area contributed by atoms with E-state index in [-0.39, 0.29) is 0 Å². The first-order valence-electron chi connectivity index (χ1n) is 6.60. The van der Waals surface area contributed by atoms with Crippen molar-refractivity contribution >= 4 is 11.8 Å². The minimum atomic E-state index is 1.16. The third-order valence-corrected chi connectivity index (χ3v) is 4.87. The molecule has 1 aromatic rings. The number of hydrogen-bond donors (Lipinski definition) is 0. The molecule has 1 aliphatic rings. The monoisotopic (exact) mass is 249 g/mol. The summed E-state index contributed by atoms with van der Waals surface area (Å²) in [6, 6.07) is 4.59. The van der Waals surface area contributed by atoms with Crippen molar-refractivity contribution in [3.63, 3.8) is 0 Å². The van der Waals surface area contributed by atoms with Crippen LogP contribution in [0.1, 0.15) is 36.0 Å². The van der Waals surface area contributed by atoms with E-state index in [2.05, 4.69) is 37.8 Å². The van der Waals surface area contributed by atoms with Crippen molar-refractivity contribution in [2.24, 2.45) is 0 Å². The molecule has 2 rings (SSSR count). The maximum atomic E-state index is 2.59. The van der Waals surface area contributed by atoms with E-state index >= 15 is 0 Å². The normalized spacial score (nSPS) is 17.4. The Bertz CT molecular complexity index is 358. The lowest BCUT2D eigenvalue weighted by Crippen LogP contribution is -2.29. The molecule has 2 heteroatoms. The highest BCUT2D eigenvalue weighted by Crippen LogP contribution is 2.28. The van der Waals surface area contributed by atoms with Gasteiger partial charge in [-0.25, -0.2) is 0 Å². The van der Waals surface area contributed by atoms with Crippen LogP contribution in [-0.2, 0) is 0 Å². The summed E-state index contributed by atoms with van der Waals surface area (Å²) in [4.78, 5) is 4.08. The van der Waals surface area contributed by atoms with Gasteiger partial charge in [0, 0.05) is 10.8 Å². The fraction of sp³-hybridized carbons (Fsp3) is 0.600. The van der Waals surface area contributed by atoms with Gasteiger partial charge in [0.25, 0.3) is 0 Å². The standard InChI is InChI=1S/C15H23NS/c1-12-9-13(2)15(14(3)10-12)17-11-16-7-5-4-6-8-16/h9-10H,4-8,11H2,1-3H3. The van der Waals surface area contributed by atoms with Crippen LogP contribution in [0.2, 0.25) is 0 Å². The zero-order valence-corrected chi connectivity index (χ0v) is 12.1. The van der Waals surface area contributed by atoms with Crippen molar-refractivity contribution in [3.05, 3.63) is 28.8 Å². The Balaban J connectivity index is 1.98. The predicted molar refractivity (Wildman–Crippen MR) is 76.8 cm³/mol. The lowest BCUT2D eigenvalue weighted by molar-refractivity contribution is 0.266. The van der Waals surface area contributed by atoms with E-state index in [1.165, 1.54) is 53.9 Å². The molecule has 0 aromatic heterocycles. The Kier molecular flexibility index (Phi) is 4.52. The van der Waals surface area contributed by atoms with Crippen molar-refractivity contribution in [1.82, 2.24) is 4.90 Å². The first-order valence-corrected chi connectivity index (χ1v) is 7.58. The third kappa shape index (κ3) is 3.49. The fourth-order valence-corrected chi connectivity index (χ4v) is 3.78. The second-order valence-corrected chi connectivity index (χ2v) is 6.14. The van der Waals surface area contributed by atoms with Crippen LogP contribution in [0.15, 0.2) is 17.0 Å². The van der Waals surface area contributed by atoms with Gasteiger partial charge in [-0.1, -0.05) is 24.1 Å². The summed E-state index contributed by atoms with van der Waals surface area (Å²) in [7, 11) is 0. The molecule has 0 atom stereocenters. The molecule has 1 heterocycles. The topological polar surface area (TPSA) is 3.24 Å². The number of rotatable bonds is 3. The summed E-state index contributed by atoms with van der Waals surface area (Å²) in [5, 5.41) is 0. The molecular weight excluding hydrogens is 226 g/mol. The SMILES string of the molecule is Cc1cc(C)c(SCN2CCCCC2)c(C)c1. The van der Waals surface area contributed by atoms with Gasteiger partial charge in [0.2, 0.25) is 0 Å². The van der Waals surface area contributed by atoms with Crippen LogP contribution >= 0.6 is 11.8 Å². The summed E-state index contributed by atoms with van der Waals surface area (Å²) in [6.45, 7) is 9.23. The summed E-state index contributed by atoms with van der Waals surface area (Å²) < 4.78 is 0. The van der Waals surface area contributed by atoms with Crippen molar-refractivity contribution in [3.8, 4) is 0 Å². The van der Waals surface area contributed by atoms with Crippen LogP contribution in [0.3, 0.4) is 0 Å². The van der Waals surface area contributed by atoms with Gasteiger partial charge in [-0.3, -0.25) is 4.90 Å². The van der Waals surface area contributed by atoms with Crippen LogP contribution < -0.4 is 0 Å². The molecule has 0 bridgehead atoms. The van der Waals surface area contributed by atoms with Gasteiger partial charge in [0.05, 0.1) is 0 Å². The highest BCUT2D eigenvalue weighted by molar-refractivity contribution is 7.99. The molecule has 94 valence electrons. The van der Waals surface area contributed by atoms with E-state index in [1.807, 2.05) is 11.8 Å².